The molecule has 1 aromatic rings. The van der Waals surface area contributed by atoms with Gasteiger partial charge in [0.25, 0.3) is 0 Å². The first-order valence-electron chi connectivity index (χ1n) is 7.79. The Morgan fingerprint density at radius 1 is 1.21 bits per heavy atom. The van der Waals surface area contributed by atoms with Gasteiger partial charge in [0.2, 0.25) is 0 Å². The van der Waals surface area contributed by atoms with Crippen LogP contribution in [0.2, 0.25) is 0 Å². The van der Waals surface area contributed by atoms with E-state index in [9.17, 15) is 0 Å². The lowest BCUT2D eigenvalue weighted by atomic mass is 9.91. The van der Waals surface area contributed by atoms with Crippen molar-refractivity contribution in [2.45, 2.75) is 50.6 Å². The number of hydrogen-bond donors (Lipinski definition) is 1. The van der Waals surface area contributed by atoms with Crippen LogP contribution < -0.4 is 5.73 Å². The third-order valence-corrected chi connectivity index (χ3v) is 4.79. The first-order valence-corrected chi connectivity index (χ1v) is 7.79. The smallest absolute Gasteiger partial charge is 0.0233 e. The van der Waals surface area contributed by atoms with E-state index in [2.05, 4.69) is 35.2 Å². The van der Waals surface area contributed by atoms with Gasteiger partial charge in [0.15, 0.2) is 0 Å². The van der Waals surface area contributed by atoms with Gasteiger partial charge in [-0.15, -0.1) is 0 Å². The van der Waals surface area contributed by atoms with E-state index in [1.165, 1.54) is 57.2 Å². The maximum Gasteiger partial charge on any atom is 0.0233 e. The summed E-state index contributed by atoms with van der Waals surface area (Å²) in [5.41, 5.74) is 7.89. The molecule has 1 aromatic carbocycles. The minimum atomic E-state index is 0.238. The molecule has 0 spiro atoms. The standard InChI is InChI=1S/C17H26N2/c18-17(10-11-17)9-8-16-7-4-12-19(14-16)13-15-5-2-1-3-6-15/h1-3,5-6,16H,4,7-14,18H2. The predicted octanol–water partition coefficient (Wildman–Crippen LogP) is 3.17. The number of nitrogens with two attached hydrogens (primary N) is 1. The fraction of sp³-hybridized carbons (Fsp3) is 0.647. The Hall–Kier alpha value is -0.860. The second-order valence-electron chi connectivity index (χ2n) is 6.63. The van der Waals surface area contributed by atoms with E-state index < -0.39 is 0 Å². The molecule has 2 nitrogen and oxygen atoms in total. The maximum atomic E-state index is 6.21. The van der Waals surface area contributed by atoms with Crippen molar-refractivity contribution in [3.05, 3.63) is 35.9 Å². The van der Waals surface area contributed by atoms with Crippen molar-refractivity contribution in [2.75, 3.05) is 13.1 Å². The van der Waals surface area contributed by atoms with Crippen molar-refractivity contribution in [3.63, 3.8) is 0 Å². The molecule has 2 fully saturated rings. The lowest BCUT2D eigenvalue weighted by Crippen LogP contribution is -2.35. The number of rotatable bonds is 5. The van der Waals surface area contributed by atoms with Gasteiger partial charge in [0.1, 0.15) is 0 Å². The Morgan fingerprint density at radius 3 is 2.74 bits per heavy atom. The van der Waals surface area contributed by atoms with Crippen molar-refractivity contribution in [3.8, 4) is 0 Å². The highest BCUT2D eigenvalue weighted by molar-refractivity contribution is 5.14. The summed E-state index contributed by atoms with van der Waals surface area (Å²) >= 11 is 0. The Morgan fingerprint density at radius 2 is 2.00 bits per heavy atom. The van der Waals surface area contributed by atoms with Crippen LogP contribution in [0.25, 0.3) is 0 Å². The predicted molar refractivity (Wildman–Crippen MR) is 79.8 cm³/mol. The average Bonchev–Trinajstić information content (AvgIpc) is 3.17. The second kappa shape index (κ2) is 5.64. The highest BCUT2D eigenvalue weighted by Gasteiger charge is 2.38. The van der Waals surface area contributed by atoms with Crippen LogP contribution >= 0.6 is 0 Å². The monoisotopic (exact) mass is 258 g/mol. The lowest BCUT2D eigenvalue weighted by Gasteiger charge is -2.33. The Kier molecular flexibility index (Phi) is 3.90. The van der Waals surface area contributed by atoms with Gasteiger partial charge in [-0.3, -0.25) is 4.90 Å². The quantitative estimate of drug-likeness (QED) is 0.879. The van der Waals surface area contributed by atoms with Crippen molar-refractivity contribution < 1.29 is 0 Å². The van der Waals surface area contributed by atoms with Crippen molar-refractivity contribution in [1.82, 2.24) is 4.90 Å². The zero-order valence-corrected chi connectivity index (χ0v) is 11.9. The van der Waals surface area contributed by atoms with Crippen LogP contribution in [0.3, 0.4) is 0 Å². The Labute approximate surface area is 117 Å². The highest BCUT2D eigenvalue weighted by atomic mass is 15.1. The Bertz CT molecular complexity index is 397. The number of benzene rings is 1. The van der Waals surface area contributed by atoms with Gasteiger partial charge < -0.3 is 5.73 Å². The van der Waals surface area contributed by atoms with Gasteiger partial charge in [-0.05, 0) is 56.6 Å². The molecule has 2 N–H and O–H groups in total. The van der Waals surface area contributed by atoms with Gasteiger partial charge >= 0.3 is 0 Å². The normalized spacial score (nSPS) is 26.3. The molecule has 2 aliphatic rings. The second-order valence-corrected chi connectivity index (χ2v) is 6.63. The lowest BCUT2D eigenvalue weighted by molar-refractivity contribution is 0.158. The van der Waals surface area contributed by atoms with Gasteiger partial charge in [0, 0.05) is 18.6 Å². The fourth-order valence-electron chi connectivity index (χ4n) is 3.27. The molecule has 104 valence electrons. The highest BCUT2D eigenvalue weighted by Crippen LogP contribution is 2.38. The van der Waals surface area contributed by atoms with Crippen LogP contribution in [0, 0.1) is 5.92 Å². The molecule has 1 aliphatic heterocycles. The summed E-state index contributed by atoms with van der Waals surface area (Å²) in [7, 11) is 0. The van der Waals surface area contributed by atoms with E-state index >= 15 is 0 Å². The Balaban J connectivity index is 1.47. The average molecular weight is 258 g/mol. The summed E-state index contributed by atoms with van der Waals surface area (Å²) in [5, 5.41) is 0. The summed E-state index contributed by atoms with van der Waals surface area (Å²) in [6.07, 6.45) is 7.86. The molecular weight excluding hydrogens is 232 g/mol. The summed E-state index contributed by atoms with van der Waals surface area (Å²) < 4.78 is 0. The summed E-state index contributed by atoms with van der Waals surface area (Å²) in [5.74, 6) is 0.874. The molecule has 3 rings (SSSR count). The van der Waals surface area contributed by atoms with Crippen LogP contribution in [-0.4, -0.2) is 23.5 Å². The first-order chi connectivity index (χ1) is 9.23. The minimum absolute atomic E-state index is 0.238. The van der Waals surface area contributed by atoms with Crippen LogP contribution in [-0.2, 0) is 6.54 Å². The first kappa shape index (κ1) is 13.1. The third kappa shape index (κ3) is 3.80. The molecule has 1 aliphatic carbocycles. The van der Waals surface area contributed by atoms with E-state index in [4.69, 9.17) is 5.73 Å². The van der Waals surface area contributed by atoms with Crippen LogP contribution in [0.4, 0.5) is 0 Å². The zero-order valence-electron chi connectivity index (χ0n) is 11.9. The molecule has 0 bridgehead atoms. The van der Waals surface area contributed by atoms with Gasteiger partial charge in [-0.1, -0.05) is 30.3 Å². The molecule has 1 atom stereocenters. The van der Waals surface area contributed by atoms with E-state index in [1.807, 2.05) is 0 Å². The molecule has 1 saturated heterocycles. The number of likely N-dealkylation sites (tertiary alicyclic amines) is 1. The molecule has 0 radical (unpaired) electrons. The molecule has 0 aromatic heterocycles. The van der Waals surface area contributed by atoms with Gasteiger partial charge in [-0.2, -0.15) is 0 Å². The van der Waals surface area contributed by atoms with E-state index in [-0.39, 0.29) is 5.54 Å². The van der Waals surface area contributed by atoms with Crippen molar-refractivity contribution in [2.24, 2.45) is 11.7 Å². The molecule has 1 unspecified atom stereocenters. The van der Waals surface area contributed by atoms with Crippen LogP contribution in [0.15, 0.2) is 30.3 Å². The summed E-state index contributed by atoms with van der Waals surface area (Å²) in [6, 6.07) is 10.9. The minimum Gasteiger partial charge on any atom is -0.325 e. The van der Waals surface area contributed by atoms with Crippen molar-refractivity contribution >= 4 is 0 Å². The van der Waals surface area contributed by atoms with Gasteiger partial charge in [-0.25, -0.2) is 0 Å². The van der Waals surface area contributed by atoms with Crippen LogP contribution in [0.1, 0.15) is 44.1 Å². The number of piperidine rings is 1. The molecule has 2 heteroatoms. The van der Waals surface area contributed by atoms with Gasteiger partial charge in [0.05, 0.1) is 0 Å². The molecule has 1 saturated carbocycles. The van der Waals surface area contributed by atoms with Crippen LogP contribution in [0.5, 0.6) is 0 Å². The molecule has 19 heavy (non-hydrogen) atoms. The third-order valence-electron chi connectivity index (χ3n) is 4.79. The SMILES string of the molecule is NC1(CCC2CCCN(Cc3ccccc3)C2)CC1. The number of hydrogen-bond acceptors (Lipinski definition) is 2. The summed E-state index contributed by atoms with van der Waals surface area (Å²) in [4.78, 5) is 2.62. The molecule has 1 heterocycles. The topological polar surface area (TPSA) is 29.3 Å². The van der Waals surface area contributed by atoms with E-state index in [0.29, 0.717) is 0 Å². The maximum absolute atomic E-state index is 6.21. The molecule has 0 amide bonds. The largest absolute Gasteiger partial charge is 0.325 e. The van der Waals surface area contributed by atoms with Crippen molar-refractivity contribution in [1.29, 1.82) is 0 Å². The zero-order chi connectivity index (χ0) is 13.1. The summed E-state index contributed by atoms with van der Waals surface area (Å²) in [6.45, 7) is 3.65. The molecular formula is C17H26N2. The number of nitrogens with zero attached hydrogens (tertiary/aromatic N) is 1. The van der Waals surface area contributed by atoms with E-state index in [1.54, 1.807) is 0 Å². The van der Waals surface area contributed by atoms with E-state index in [0.717, 1.165) is 12.5 Å². The fourth-order valence-corrected chi connectivity index (χ4v) is 3.27.